The zero-order valence-electron chi connectivity index (χ0n) is 9.51. The fraction of sp³-hybridized carbons (Fsp3) is 0.818. The highest BCUT2D eigenvalue weighted by Crippen LogP contribution is 2.10. The molecule has 0 aromatic carbocycles. The van der Waals surface area contributed by atoms with Gasteiger partial charge in [0.1, 0.15) is 0 Å². The molecule has 1 saturated heterocycles. The zero-order chi connectivity index (χ0) is 11.1. The van der Waals surface area contributed by atoms with Crippen LogP contribution < -0.4 is 5.32 Å². The second kappa shape index (κ2) is 6.43. The van der Waals surface area contributed by atoms with Crippen LogP contribution in [-0.2, 0) is 4.79 Å². The molecule has 0 aliphatic carbocycles. The first-order valence-electron chi connectivity index (χ1n) is 5.83. The number of rotatable bonds is 5. The van der Waals surface area contributed by atoms with E-state index in [-0.39, 0.29) is 5.91 Å². The summed E-state index contributed by atoms with van der Waals surface area (Å²) < 4.78 is 0. The first kappa shape index (κ1) is 12.0. The Bertz CT molecular complexity index is 228. The van der Waals surface area contributed by atoms with Crippen LogP contribution in [0.2, 0.25) is 0 Å². The molecule has 4 nitrogen and oxygen atoms in total. The Morgan fingerprint density at radius 3 is 3.00 bits per heavy atom. The van der Waals surface area contributed by atoms with Crippen LogP contribution in [0.4, 0.5) is 0 Å². The summed E-state index contributed by atoms with van der Waals surface area (Å²) >= 11 is 0. The van der Waals surface area contributed by atoms with Gasteiger partial charge in [0.05, 0.1) is 5.84 Å². The third kappa shape index (κ3) is 4.32. The number of piperidine rings is 1. The maximum absolute atomic E-state index is 11.3. The summed E-state index contributed by atoms with van der Waals surface area (Å²) in [5, 5.41) is 10.6. The molecular weight excluding hydrogens is 190 g/mol. The van der Waals surface area contributed by atoms with Gasteiger partial charge in [0.15, 0.2) is 0 Å². The van der Waals surface area contributed by atoms with Gasteiger partial charge < -0.3 is 10.2 Å². The summed E-state index contributed by atoms with van der Waals surface area (Å²) in [7, 11) is 0. The van der Waals surface area contributed by atoms with E-state index in [0.717, 1.165) is 38.8 Å². The number of carbonyl (C=O) groups excluding carboxylic acids is 1. The summed E-state index contributed by atoms with van der Waals surface area (Å²) in [4.78, 5) is 13.4. The van der Waals surface area contributed by atoms with Crippen LogP contribution in [0, 0.1) is 5.41 Å². The van der Waals surface area contributed by atoms with Gasteiger partial charge in [-0.1, -0.05) is 6.92 Å². The summed E-state index contributed by atoms with van der Waals surface area (Å²) in [5.74, 6) is 0.805. The molecular formula is C11H21N3O. The predicted octanol–water partition coefficient (Wildman–Crippen LogP) is 1.37. The molecule has 1 fully saturated rings. The largest absolute Gasteiger partial charge is 0.360 e. The molecule has 0 atom stereocenters. The smallest absolute Gasteiger partial charge is 0.221 e. The topological polar surface area (TPSA) is 56.2 Å². The van der Waals surface area contributed by atoms with E-state index in [0.29, 0.717) is 18.8 Å². The average Bonchev–Trinajstić information content (AvgIpc) is 2.25. The molecule has 86 valence electrons. The minimum atomic E-state index is 0.107. The van der Waals surface area contributed by atoms with Gasteiger partial charge in [-0.2, -0.15) is 0 Å². The Balaban J connectivity index is 2.17. The van der Waals surface area contributed by atoms with E-state index >= 15 is 0 Å². The van der Waals surface area contributed by atoms with Crippen molar-refractivity contribution in [1.82, 2.24) is 10.2 Å². The van der Waals surface area contributed by atoms with Crippen molar-refractivity contribution in [2.75, 3.05) is 19.6 Å². The van der Waals surface area contributed by atoms with Crippen LogP contribution in [0.15, 0.2) is 0 Å². The average molecular weight is 211 g/mol. The maximum Gasteiger partial charge on any atom is 0.221 e. The standard InChI is InChI=1S/C11H21N3O/c1-2-7-13-11(15)6-9-14-8-4-3-5-10(14)12/h12H,2-9H2,1H3,(H,13,15). The van der Waals surface area contributed by atoms with Crippen molar-refractivity contribution < 1.29 is 4.79 Å². The fourth-order valence-electron chi connectivity index (χ4n) is 1.72. The quantitative estimate of drug-likeness (QED) is 0.721. The maximum atomic E-state index is 11.3. The molecule has 1 aliphatic rings. The van der Waals surface area contributed by atoms with Crippen molar-refractivity contribution in [3.05, 3.63) is 0 Å². The number of likely N-dealkylation sites (tertiary alicyclic amines) is 1. The highest BCUT2D eigenvalue weighted by molar-refractivity contribution is 5.81. The van der Waals surface area contributed by atoms with Gasteiger partial charge in [-0.15, -0.1) is 0 Å². The van der Waals surface area contributed by atoms with Gasteiger partial charge in [-0.05, 0) is 19.3 Å². The van der Waals surface area contributed by atoms with E-state index < -0.39 is 0 Å². The Labute approximate surface area is 91.5 Å². The number of hydrogen-bond acceptors (Lipinski definition) is 2. The number of amidine groups is 1. The van der Waals surface area contributed by atoms with E-state index in [1.165, 1.54) is 0 Å². The molecule has 0 bridgehead atoms. The summed E-state index contributed by atoms with van der Waals surface area (Å²) in [6, 6.07) is 0. The number of nitrogens with zero attached hydrogens (tertiary/aromatic N) is 1. The second-order valence-electron chi connectivity index (χ2n) is 3.99. The van der Waals surface area contributed by atoms with E-state index in [1.54, 1.807) is 0 Å². The molecule has 1 aliphatic heterocycles. The second-order valence-corrected chi connectivity index (χ2v) is 3.99. The van der Waals surface area contributed by atoms with E-state index in [1.807, 2.05) is 11.8 Å². The molecule has 1 amide bonds. The van der Waals surface area contributed by atoms with Crippen LogP contribution >= 0.6 is 0 Å². The van der Waals surface area contributed by atoms with E-state index in [2.05, 4.69) is 5.32 Å². The molecule has 0 saturated carbocycles. The Hall–Kier alpha value is -1.06. The summed E-state index contributed by atoms with van der Waals surface area (Å²) in [5.41, 5.74) is 0. The van der Waals surface area contributed by atoms with Gasteiger partial charge in [-0.25, -0.2) is 0 Å². The molecule has 4 heteroatoms. The minimum Gasteiger partial charge on any atom is -0.360 e. The third-order valence-corrected chi connectivity index (χ3v) is 2.65. The number of amides is 1. The Morgan fingerprint density at radius 1 is 1.53 bits per heavy atom. The van der Waals surface area contributed by atoms with Gasteiger partial charge >= 0.3 is 0 Å². The van der Waals surface area contributed by atoms with Crippen LogP contribution in [0.25, 0.3) is 0 Å². The van der Waals surface area contributed by atoms with Crippen molar-refractivity contribution >= 4 is 11.7 Å². The highest BCUT2D eigenvalue weighted by atomic mass is 16.1. The Morgan fingerprint density at radius 2 is 2.33 bits per heavy atom. The normalized spacial score (nSPS) is 16.6. The van der Waals surface area contributed by atoms with Crippen molar-refractivity contribution in [3.8, 4) is 0 Å². The molecule has 0 aromatic heterocycles. The van der Waals surface area contributed by atoms with Gasteiger partial charge in [0.25, 0.3) is 0 Å². The fourth-order valence-corrected chi connectivity index (χ4v) is 1.72. The summed E-state index contributed by atoms with van der Waals surface area (Å²) in [6.45, 7) is 4.45. The lowest BCUT2D eigenvalue weighted by Crippen LogP contribution is -2.38. The first-order chi connectivity index (χ1) is 7.24. The third-order valence-electron chi connectivity index (χ3n) is 2.65. The van der Waals surface area contributed by atoms with E-state index in [9.17, 15) is 4.79 Å². The van der Waals surface area contributed by atoms with Crippen molar-refractivity contribution in [2.45, 2.75) is 39.0 Å². The van der Waals surface area contributed by atoms with Gasteiger partial charge in [-0.3, -0.25) is 10.2 Å². The van der Waals surface area contributed by atoms with Crippen LogP contribution in [0.3, 0.4) is 0 Å². The number of nitrogens with one attached hydrogen (secondary N) is 2. The lowest BCUT2D eigenvalue weighted by Gasteiger charge is -2.28. The first-order valence-corrected chi connectivity index (χ1v) is 5.83. The molecule has 1 rings (SSSR count). The van der Waals surface area contributed by atoms with Gasteiger partial charge in [0, 0.05) is 32.5 Å². The van der Waals surface area contributed by atoms with E-state index in [4.69, 9.17) is 5.41 Å². The van der Waals surface area contributed by atoms with Gasteiger partial charge in [0.2, 0.25) is 5.91 Å². The predicted molar refractivity (Wildman–Crippen MR) is 61.1 cm³/mol. The van der Waals surface area contributed by atoms with Crippen LogP contribution in [0.5, 0.6) is 0 Å². The van der Waals surface area contributed by atoms with Crippen molar-refractivity contribution in [1.29, 1.82) is 5.41 Å². The molecule has 0 unspecified atom stereocenters. The SMILES string of the molecule is CCCNC(=O)CCN1CCCCC1=N. The molecule has 0 aromatic rings. The van der Waals surface area contributed by atoms with Crippen LogP contribution in [-0.4, -0.2) is 36.3 Å². The van der Waals surface area contributed by atoms with Crippen LogP contribution in [0.1, 0.15) is 39.0 Å². The molecule has 0 spiro atoms. The molecule has 15 heavy (non-hydrogen) atoms. The number of carbonyl (C=O) groups is 1. The lowest BCUT2D eigenvalue weighted by molar-refractivity contribution is -0.121. The lowest BCUT2D eigenvalue weighted by atomic mass is 10.1. The van der Waals surface area contributed by atoms with Crippen molar-refractivity contribution in [3.63, 3.8) is 0 Å². The molecule has 2 N–H and O–H groups in total. The molecule has 0 radical (unpaired) electrons. The highest BCUT2D eigenvalue weighted by Gasteiger charge is 2.15. The van der Waals surface area contributed by atoms with Crippen molar-refractivity contribution in [2.24, 2.45) is 0 Å². The zero-order valence-corrected chi connectivity index (χ0v) is 9.51. The molecule has 1 heterocycles. The monoisotopic (exact) mass is 211 g/mol. The number of hydrogen-bond donors (Lipinski definition) is 2. The minimum absolute atomic E-state index is 0.107. The Kier molecular flexibility index (Phi) is 5.15. The summed E-state index contributed by atoms with van der Waals surface area (Å²) in [6.07, 6.45) is 4.64.